The van der Waals surface area contributed by atoms with Crippen LogP contribution in [0.25, 0.3) is 0 Å². The summed E-state index contributed by atoms with van der Waals surface area (Å²) in [6.45, 7) is 6.06. The first-order valence-corrected chi connectivity index (χ1v) is 4.16. The van der Waals surface area contributed by atoms with Crippen molar-refractivity contribution in [3.05, 3.63) is 11.6 Å². The molecule has 0 aromatic carbocycles. The Morgan fingerprint density at radius 1 is 1.38 bits per heavy atom. The van der Waals surface area contributed by atoms with Crippen LogP contribution in [0.1, 0.15) is 20.8 Å². The molecule has 0 radical (unpaired) electrons. The SMILES string of the molecule is CCOC(=O)C(=O)NCC=C(C)C. The van der Waals surface area contributed by atoms with Crippen LogP contribution in [0.2, 0.25) is 0 Å². The van der Waals surface area contributed by atoms with Crippen LogP contribution in [0.3, 0.4) is 0 Å². The molecule has 0 fully saturated rings. The quantitative estimate of drug-likeness (QED) is 0.398. The van der Waals surface area contributed by atoms with Gasteiger partial charge in [0.05, 0.1) is 6.61 Å². The van der Waals surface area contributed by atoms with E-state index in [1.165, 1.54) is 0 Å². The molecule has 0 unspecified atom stereocenters. The fourth-order valence-electron chi connectivity index (χ4n) is 0.617. The van der Waals surface area contributed by atoms with Gasteiger partial charge < -0.3 is 10.1 Å². The molecule has 0 saturated carbocycles. The van der Waals surface area contributed by atoms with Crippen molar-refractivity contribution < 1.29 is 14.3 Å². The van der Waals surface area contributed by atoms with Crippen molar-refractivity contribution in [2.75, 3.05) is 13.2 Å². The van der Waals surface area contributed by atoms with Gasteiger partial charge in [-0.05, 0) is 20.8 Å². The van der Waals surface area contributed by atoms with E-state index in [1.807, 2.05) is 19.9 Å². The van der Waals surface area contributed by atoms with Crippen LogP contribution >= 0.6 is 0 Å². The fourth-order valence-corrected chi connectivity index (χ4v) is 0.617. The number of rotatable bonds is 3. The van der Waals surface area contributed by atoms with Crippen LogP contribution in [-0.2, 0) is 14.3 Å². The summed E-state index contributed by atoms with van der Waals surface area (Å²) in [5.74, 6) is -1.52. The molecule has 0 aromatic heterocycles. The van der Waals surface area contributed by atoms with Crippen molar-refractivity contribution in [2.45, 2.75) is 20.8 Å². The lowest BCUT2D eigenvalue weighted by atomic mass is 10.3. The van der Waals surface area contributed by atoms with E-state index in [2.05, 4.69) is 10.1 Å². The van der Waals surface area contributed by atoms with Gasteiger partial charge in [-0.15, -0.1) is 0 Å². The van der Waals surface area contributed by atoms with Gasteiger partial charge in [-0.1, -0.05) is 11.6 Å². The Labute approximate surface area is 78.0 Å². The van der Waals surface area contributed by atoms with Crippen molar-refractivity contribution in [3.8, 4) is 0 Å². The van der Waals surface area contributed by atoms with Gasteiger partial charge >= 0.3 is 11.9 Å². The van der Waals surface area contributed by atoms with E-state index in [9.17, 15) is 9.59 Å². The molecule has 0 aliphatic heterocycles. The van der Waals surface area contributed by atoms with Crippen LogP contribution < -0.4 is 5.32 Å². The molecule has 0 heterocycles. The minimum atomic E-state index is -0.829. The Morgan fingerprint density at radius 2 is 2.00 bits per heavy atom. The first kappa shape index (κ1) is 11.7. The number of amides is 1. The molecule has 0 aromatic rings. The van der Waals surface area contributed by atoms with Crippen LogP contribution in [0.15, 0.2) is 11.6 Å². The fraction of sp³-hybridized carbons (Fsp3) is 0.556. The zero-order valence-corrected chi connectivity index (χ0v) is 8.22. The number of allylic oxidation sites excluding steroid dienone is 1. The molecule has 0 atom stereocenters. The molecule has 0 saturated heterocycles. The van der Waals surface area contributed by atoms with Crippen LogP contribution in [0.5, 0.6) is 0 Å². The number of hydrogen-bond acceptors (Lipinski definition) is 3. The monoisotopic (exact) mass is 185 g/mol. The van der Waals surface area contributed by atoms with Gasteiger partial charge in [0.1, 0.15) is 0 Å². The molecule has 1 amide bonds. The molecule has 0 rings (SSSR count). The first-order valence-electron chi connectivity index (χ1n) is 4.16. The lowest BCUT2D eigenvalue weighted by Crippen LogP contribution is -2.32. The van der Waals surface area contributed by atoms with Crippen molar-refractivity contribution in [3.63, 3.8) is 0 Å². The van der Waals surface area contributed by atoms with E-state index in [0.717, 1.165) is 5.57 Å². The summed E-state index contributed by atoms with van der Waals surface area (Å²) in [6, 6.07) is 0. The second-order valence-electron chi connectivity index (χ2n) is 2.71. The van der Waals surface area contributed by atoms with E-state index in [0.29, 0.717) is 6.54 Å². The highest BCUT2D eigenvalue weighted by Crippen LogP contribution is 1.85. The van der Waals surface area contributed by atoms with Crippen molar-refractivity contribution >= 4 is 11.9 Å². The third-order valence-electron chi connectivity index (χ3n) is 1.23. The average Bonchev–Trinajstić information content (AvgIpc) is 2.04. The minimum Gasteiger partial charge on any atom is -0.459 e. The Kier molecular flexibility index (Phi) is 5.59. The van der Waals surface area contributed by atoms with Gasteiger partial charge in [-0.3, -0.25) is 4.79 Å². The molecule has 0 bridgehead atoms. The van der Waals surface area contributed by atoms with E-state index in [1.54, 1.807) is 6.92 Å². The summed E-state index contributed by atoms with van der Waals surface area (Å²) in [5.41, 5.74) is 1.09. The molecule has 13 heavy (non-hydrogen) atoms. The lowest BCUT2D eigenvalue weighted by molar-refractivity contribution is -0.154. The topological polar surface area (TPSA) is 55.4 Å². The minimum absolute atomic E-state index is 0.217. The van der Waals surface area contributed by atoms with Gasteiger partial charge in [0.15, 0.2) is 0 Å². The first-order chi connectivity index (χ1) is 6.07. The summed E-state index contributed by atoms with van der Waals surface area (Å²) in [6.07, 6.45) is 1.82. The number of esters is 1. The Balaban J connectivity index is 3.75. The van der Waals surface area contributed by atoms with Gasteiger partial charge in [-0.2, -0.15) is 0 Å². The van der Waals surface area contributed by atoms with Gasteiger partial charge in [0.2, 0.25) is 0 Å². The van der Waals surface area contributed by atoms with Gasteiger partial charge in [0.25, 0.3) is 0 Å². The van der Waals surface area contributed by atoms with E-state index in [-0.39, 0.29) is 6.61 Å². The zero-order chi connectivity index (χ0) is 10.3. The molecule has 4 nitrogen and oxygen atoms in total. The van der Waals surface area contributed by atoms with Crippen LogP contribution in [0.4, 0.5) is 0 Å². The standard InChI is InChI=1S/C9H15NO3/c1-4-13-9(12)8(11)10-6-5-7(2)3/h5H,4,6H2,1-3H3,(H,10,11). The maximum absolute atomic E-state index is 10.9. The number of hydrogen-bond donors (Lipinski definition) is 1. The Bertz CT molecular complexity index is 217. The van der Waals surface area contributed by atoms with Gasteiger partial charge in [0, 0.05) is 6.54 Å². The third-order valence-corrected chi connectivity index (χ3v) is 1.23. The molecule has 4 heteroatoms. The zero-order valence-electron chi connectivity index (χ0n) is 8.22. The van der Waals surface area contributed by atoms with Crippen molar-refractivity contribution in [1.82, 2.24) is 5.32 Å². The highest BCUT2D eigenvalue weighted by atomic mass is 16.5. The van der Waals surface area contributed by atoms with E-state index < -0.39 is 11.9 Å². The van der Waals surface area contributed by atoms with Gasteiger partial charge in [-0.25, -0.2) is 4.79 Å². The second kappa shape index (κ2) is 6.22. The lowest BCUT2D eigenvalue weighted by Gasteiger charge is -2.01. The van der Waals surface area contributed by atoms with E-state index >= 15 is 0 Å². The van der Waals surface area contributed by atoms with Crippen LogP contribution in [-0.4, -0.2) is 25.0 Å². The predicted molar refractivity (Wildman–Crippen MR) is 49.1 cm³/mol. The number of carbonyl (C=O) groups is 2. The molecule has 0 aliphatic carbocycles. The van der Waals surface area contributed by atoms with Crippen molar-refractivity contribution in [2.24, 2.45) is 0 Å². The summed E-state index contributed by atoms with van der Waals surface area (Å²) >= 11 is 0. The summed E-state index contributed by atoms with van der Waals surface area (Å²) < 4.78 is 4.49. The predicted octanol–water partition coefficient (Wildman–Crippen LogP) is 0.632. The molecule has 1 N–H and O–H groups in total. The largest absolute Gasteiger partial charge is 0.459 e. The molecular formula is C9H15NO3. The smallest absolute Gasteiger partial charge is 0.396 e. The maximum atomic E-state index is 10.9. The second-order valence-corrected chi connectivity index (χ2v) is 2.71. The number of carbonyl (C=O) groups excluding carboxylic acids is 2. The average molecular weight is 185 g/mol. The maximum Gasteiger partial charge on any atom is 0.396 e. The molecular weight excluding hydrogens is 170 g/mol. The summed E-state index contributed by atoms with van der Waals surface area (Å²) in [7, 11) is 0. The number of nitrogens with one attached hydrogen (secondary N) is 1. The Hall–Kier alpha value is -1.32. The van der Waals surface area contributed by atoms with Crippen molar-refractivity contribution in [1.29, 1.82) is 0 Å². The Morgan fingerprint density at radius 3 is 2.46 bits per heavy atom. The number of ether oxygens (including phenoxy) is 1. The molecule has 0 spiro atoms. The molecule has 0 aliphatic rings. The van der Waals surface area contributed by atoms with Crippen LogP contribution in [0, 0.1) is 0 Å². The highest BCUT2D eigenvalue weighted by molar-refractivity contribution is 6.32. The summed E-state index contributed by atoms with van der Waals surface area (Å²) in [5, 5.41) is 2.41. The molecule has 74 valence electrons. The third kappa shape index (κ3) is 5.90. The van der Waals surface area contributed by atoms with E-state index in [4.69, 9.17) is 0 Å². The summed E-state index contributed by atoms with van der Waals surface area (Å²) in [4.78, 5) is 21.7. The highest BCUT2D eigenvalue weighted by Gasteiger charge is 2.12. The normalized spacial score (nSPS) is 8.85.